The van der Waals surface area contributed by atoms with Gasteiger partial charge < -0.3 is 15.5 Å². The highest BCUT2D eigenvalue weighted by Gasteiger charge is 2.56. The van der Waals surface area contributed by atoms with Crippen molar-refractivity contribution >= 4 is 24.3 Å². The molecular formula is C22H38N2OSi. The summed E-state index contributed by atoms with van der Waals surface area (Å²) in [7, 11) is -2.09. The number of ether oxygens (including phenoxy) is 1. The topological polar surface area (TPSA) is 51.0 Å². The number of aromatic amines is 1. The Morgan fingerprint density at radius 1 is 1.12 bits per heavy atom. The van der Waals surface area contributed by atoms with E-state index in [2.05, 4.69) is 77.7 Å². The predicted molar refractivity (Wildman–Crippen MR) is 117 cm³/mol. The Bertz CT molecular complexity index is 710. The van der Waals surface area contributed by atoms with E-state index >= 15 is 0 Å². The SMILES string of the molecule is CCCOC(C)(C)[Si](c1[nH]c2ccccc2c1CCN)(C(C)C)C(C)C. The number of para-hydroxylation sites is 1. The first-order valence-electron chi connectivity index (χ1n) is 10.2. The molecule has 0 aliphatic heterocycles. The van der Waals surface area contributed by atoms with Crippen molar-refractivity contribution in [1.82, 2.24) is 4.98 Å². The highest BCUT2D eigenvalue weighted by Crippen LogP contribution is 2.43. The van der Waals surface area contributed by atoms with Gasteiger partial charge in [-0.3, -0.25) is 0 Å². The van der Waals surface area contributed by atoms with Crippen molar-refractivity contribution in [2.75, 3.05) is 13.2 Å². The van der Waals surface area contributed by atoms with Crippen molar-refractivity contribution in [2.24, 2.45) is 5.73 Å². The average molecular weight is 375 g/mol. The molecule has 0 spiro atoms. The Balaban J connectivity index is 2.81. The number of nitrogens with two attached hydrogens (primary N) is 1. The third-order valence-corrected chi connectivity index (χ3v) is 13.1. The molecule has 1 aromatic heterocycles. The summed E-state index contributed by atoms with van der Waals surface area (Å²) in [6.07, 6.45) is 1.96. The minimum absolute atomic E-state index is 0.157. The van der Waals surface area contributed by atoms with E-state index in [1.165, 1.54) is 21.8 Å². The Morgan fingerprint density at radius 2 is 1.73 bits per heavy atom. The van der Waals surface area contributed by atoms with Gasteiger partial charge in [0, 0.05) is 22.8 Å². The molecule has 0 saturated heterocycles. The van der Waals surface area contributed by atoms with Crippen molar-refractivity contribution in [2.45, 2.75) is 77.6 Å². The normalized spacial score (nSPS) is 13.3. The Labute approximate surface area is 160 Å². The van der Waals surface area contributed by atoms with E-state index in [1.807, 2.05) is 0 Å². The van der Waals surface area contributed by atoms with Crippen molar-refractivity contribution in [3.63, 3.8) is 0 Å². The fourth-order valence-corrected chi connectivity index (χ4v) is 12.7. The van der Waals surface area contributed by atoms with Crippen molar-refractivity contribution < 1.29 is 4.74 Å². The number of H-pyrrole nitrogens is 1. The van der Waals surface area contributed by atoms with Crippen LogP contribution in [0, 0.1) is 0 Å². The van der Waals surface area contributed by atoms with E-state index in [0.717, 1.165) is 19.4 Å². The zero-order valence-corrected chi connectivity index (χ0v) is 18.8. The summed E-state index contributed by atoms with van der Waals surface area (Å²) in [5, 5.41) is 2.63. The summed E-state index contributed by atoms with van der Waals surface area (Å²) in [5.74, 6) is 0. The van der Waals surface area contributed by atoms with Gasteiger partial charge >= 0.3 is 0 Å². The Hall–Kier alpha value is -1.10. The summed E-state index contributed by atoms with van der Waals surface area (Å²) in [6.45, 7) is 17.9. The smallest absolute Gasteiger partial charge is 0.148 e. The second-order valence-corrected chi connectivity index (χ2v) is 14.4. The monoisotopic (exact) mass is 374 g/mol. The maximum absolute atomic E-state index is 6.56. The van der Waals surface area contributed by atoms with Gasteiger partial charge in [0.2, 0.25) is 0 Å². The molecule has 1 heterocycles. The van der Waals surface area contributed by atoms with Crippen LogP contribution < -0.4 is 11.1 Å². The lowest BCUT2D eigenvalue weighted by Crippen LogP contribution is -2.69. The minimum Gasteiger partial charge on any atom is -0.379 e. The molecule has 2 rings (SSSR count). The quantitative estimate of drug-likeness (QED) is 0.614. The molecule has 3 N–H and O–H groups in total. The fourth-order valence-electron chi connectivity index (χ4n) is 5.37. The second kappa shape index (κ2) is 8.28. The van der Waals surface area contributed by atoms with Gasteiger partial charge in [-0.05, 0) is 55.9 Å². The molecule has 0 unspecified atom stereocenters. The van der Waals surface area contributed by atoms with E-state index in [1.54, 1.807) is 0 Å². The van der Waals surface area contributed by atoms with Crippen LogP contribution in [-0.4, -0.2) is 31.4 Å². The summed E-state index contributed by atoms with van der Waals surface area (Å²) in [5.41, 5.74) is 9.80. The van der Waals surface area contributed by atoms with Crippen LogP contribution in [0.3, 0.4) is 0 Å². The zero-order valence-electron chi connectivity index (χ0n) is 17.8. The lowest BCUT2D eigenvalue weighted by molar-refractivity contribution is 0.0350. The van der Waals surface area contributed by atoms with Crippen LogP contribution in [0.5, 0.6) is 0 Å². The number of rotatable bonds is 9. The van der Waals surface area contributed by atoms with Crippen LogP contribution >= 0.6 is 0 Å². The van der Waals surface area contributed by atoms with Gasteiger partial charge in [0.1, 0.15) is 8.07 Å². The molecule has 0 radical (unpaired) electrons. The number of aromatic nitrogens is 1. The highest BCUT2D eigenvalue weighted by atomic mass is 28.3. The lowest BCUT2D eigenvalue weighted by Gasteiger charge is -2.50. The third kappa shape index (κ3) is 3.39. The number of benzene rings is 1. The van der Waals surface area contributed by atoms with Gasteiger partial charge in [-0.15, -0.1) is 0 Å². The van der Waals surface area contributed by atoms with E-state index in [4.69, 9.17) is 10.5 Å². The minimum atomic E-state index is -2.09. The highest BCUT2D eigenvalue weighted by molar-refractivity contribution is 6.96. The molecule has 2 aromatic rings. The number of hydrogen-bond donors (Lipinski definition) is 2. The van der Waals surface area contributed by atoms with E-state index in [-0.39, 0.29) is 5.22 Å². The standard InChI is InChI=1S/C22H38N2OSi/c1-8-15-25-22(6,7)26(16(2)3,17(4)5)21-19(13-14-23)18-11-9-10-12-20(18)24-21/h9-12,16-17,24H,8,13-15,23H2,1-7H3. The molecule has 0 amide bonds. The first kappa shape index (κ1) is 21.2. The summed E-state index contributed by atoms with van der Waals surface area (Å²) in [6, 6.07) is 8.67. The van der Waals surface area contributed by atoms with Gasteiger partial charge in [0.15, 0.2) is 0 Å². The maximum atomic E-state index is 6.56. The Kier molecular flexibility index (Phi) is 6.75. The first-order valence-corrected chi connectivity index (χ1v) is 12.3. The molecule has 0 aliphatic carbocycles. The first-order chi connectivity index (χ1) is 12.2. The molecule has 0 saturated carbocycles. The van der Waals surface area contributed by atoms with Gasteiger partial charge in [0.25, 0.3) is 0 Å². The second-order valence-electron chi connectivity index (χ2n) is 8.60. The molecule has 0 fully saturated rings. The predicted octanol–water partition coefficient (Wildman–Crippen LogP) is 4.89. The van der Waals surface area contributed by atoms with Crippen LogP contribution in [0.25, 0.3) is 10.9 Å². The molecule has 0 bridgehead atoms. The van der Waals surface area contributed by atoms with Gasteiger partial charge in [0.05, 0.1) is 5.22 Å². The van der Waals surface area contributed by atoms with Crippen molar-refractivity contribution in [3.8, 4) is 0 Å². The number of nitrogens with one attached hydrogen (secondary N) is 1. The molecular weight excluding hydrogens is 336 g/mol. The fraction of sp³-hybridized carbons (Fsp3) is 0.636. The summed E-state index contributed by atoms with van der Waals surface area (Å²) in [4.78, 5) is 3.86. The zero-order chi connectivity index (χ0) is 19.5. The molecule has 1 aromatic carbocycles. The van der Waals surface area contributed by atoms with Crippen LogP contribution in [0.1, 0.15) is 60.5 Å². The Morgan fingerprint density at radius 3 is 2.27 bits per heavy atom. The molecule has 26 heavy (non-hydrogen) atoms. The van der Waals surface area contributed by atoms with E-state index < -0.39 is 8.07 Å². The molecule has 0 atom stereocenters. The molecule has 0 aliphatic rings. The molecule has 4 heteroatoms. The summed E-state index contributed by atoms with van der Waals surface area (Å²) < 4.78 is 6.56. The van der Waals surface area contributed by atoms with Gasteiger partial charge in [-0.1, -0.05) is 52.8 Å². The molecule has 146 valence electrons. The lowest BCUT2D eigenvalue weighted by atomic mass is 10.1. The van der Waals surface area contributed by atoms with Gasteiger partial charge in [-0.2, -0.15) is 0 Å². The van der Waals surface area contributed by atoms with Crippen LogP contribution in [0.4, 0.5) is 0 Å². The largest absolute Gasteiger partial charge is 0.379 e. The average Bonchev–Trinajstić information content (AvgIpc) is 2.92. The molecule has 3 nitrogen and oxygen atoms in total. The van der Waals surface area contributed by atoms with Crippen molar-refractivity contribution in [3.05, 3.63) is 29.8 Å². The van der Waals surface area contributed by atoms with Crippen LogP contribution in [0.15, 0.2) is 24.3 Å². The van der Waals surface area contributed by atoms with Gasteiger partial charge in [-0.25, -0.2) is 0 Å². The maximum Gasteiger partial charge on any atom is 0.148 e. The number of hydrogen-bond acceptors (Lipinski definition) is 2. The van der Waals surface area contributed by atoms with E-state index in [9.17, 15) is 0 Å². The summed E-state index contributed by atoms with van der Waals surface area (Å²) >= 11 is 0. The van der Waals surface area contributed by atoms with Crippen LogP contribution in [0.2, 0.25) is 11.1 Å². The van der Waals surface area contributed by atoms with E-state index in [0.29, 0.717) is 17.6 Å². The van der Waals surface area contributed by atoms with Crippen molar-refractivity contribution in [1.29, 1.82) is 0 Å². The number of fused-ring (bicyclic) bond motifs is 1. The third-order valence-electron chi connectivity index (χ3n) is 6.11. The van der Waals surface area contributed by atoms with Crippen LogP contribution in [-0.2, 0) is 11.2 Å².